The van der Waals surface area contributed by atoms with Crippen LogP contribution in [0.1, 0.15) is 11.6 Å². The Labute approximate surface area is 93.0 Å². The van der Waals surface area contributed by atoms with Gasteiger partial charge < -0.3 is 10.8 Å². The van der Waals surface area contributed by atoms with E-state index in [1.165, 1.54) is 5.56 Å². The van der Waals surface area contributed by atoms with E-state index in [2.05, 4.69) is 17.5 Å². The van der Waals surface area contributed by atoms with E-state index in [0.717, 1.165) is 11.1 Å². The van der Waals surface area contributed by atoms with Crippen LogP contribution in [-0.4, -0.2) is 11.7 Å². The SMILES string of the molecule is N[C@H](CO)c1cccc(-c2ccsc2)c1. The summed E-state index contributed by atoms with van der Waals surface area (Å²) in [5.41, 5.74) is 9.09. The van der Waals surface area contributed by atoms with E-state index in [-0.39, 0.29) is 12.6 Å². The number of hydrogen-bond acceptors (Lipinski definition) is 3. The fourth-order valence-electron chi connectivity index (χ4n) is 1.48. The maximum Gasteiger partial charge on any atom is 0.0624 e. The minimum absolute atomic E-state index is 0.0207. The molecule has 0 spiro atoms. The molecule has 0 saturated carbocycles. The first kappa shape index (κ1) is 10.4. The summed E-state index contributed by atoms with van der Waals surface area (Å²) in [5.74, 6) is 0. The lowest BCUT2D eigenvalue weighted by Gasteiger charge is -2.09. The number of nitrogens with two attached hydrogens (primary N) is 1. The Kier molecular flexibility index (Phi) is 3.16. The third-order valence-corrected chi connectivity index (χ3v) is 3.05. The molecule has 1 atom stereocenters. The molecule has 0 amide bonds. The Morgan fingerprint density at radius 2 is 2.13 bits per heavy atom. The fraction of sp³-hybridized carbons (Fsp3) is 0.167. The van der Waals surface area contributed by atoms with Crippen LogP contribution in [-0.2, 0) is 0 Å². The van der Waals surface area contributed by atoms with Crippen molar-refractivity contribution in [2.45, 2.75) is 6.04 Å². The quantitative estimate of drug-likeness (QED) is 0.832. The van der Waals surface area contributed by atoms with Gasteiger partial charge in [0.1, 0.15) is 0 Å². The topological polar surface area (TPSA) is 46.2 Å². The van der Waals surface area contributed by atoms with E-state index in [0.29, 0.717) is 0 Å². The molecule has 3 heteroatoms. The van der Waals surface area contributed by atoms with Gasteiger partial charge in [-0.25, -0.2) is 0 Å². The number of rotatable bonds is 3. The normalized spacial score (nSPS) is 12.7. The molecular weight excluding hydrogens is 206 g/mol. The second kappa shape index (κ2) is 4.57. The third kappa shape index (κ3) is 2.26. The fourth-order valence-corrected chi connectivity index (χ4v) is 2.15. The molecule has 1 aromatic heterocycles. The highest BCUT2D eigenvalue weighted by Gasteiger charge is 2.05. The van der Waals surface area contributed by atoms with Crippen LogP contribution in [0.4, 0.5) is 0 Å². The zero-order valence-electron chi connectivity index (χ0n) is 8.26. The molecule has 1 aromatic carbocycles. The summed E-state index contributed by atoms with van der Waals surface area (Å²) < 4.78 is 0. The van der Waals surface area contributed by atoms with Crippen molar-refractivity contribution in [3.63, 3.8) is 0 Å². The van der Waals surface area contributed by atoms with E-state index in [4.69, 9.17) is 10.8 Å². The van der Waals surface area contributed by atoms with Crippen LogP contribution in [0.3, 0.4) is 0 Å². The summed E-state index contributed by atoms with van der Waals surface area (Å²) in [5, 5.41) is 13.1. The molecule has 0 fully saturated rings. The van der Waals surface area contributed by atoms with Crippen molar-refractivity contribution in [1.82, 2.24) is 0 Å². The van der Waals surface area contributed by atoms with Crippen molar-refractivity contribution >= 4 is 11.3 Å². The third-order valence-electron chi connectivity index (χ3n) is 2.37. The molecular formula is C12H13NOS. The lowest BCUT2D eigenvalue weighted by molar-refractivity contribution is 0.268. The second-order valence-electron chi connectivity index (χ2n) is 3.43. The van der Waals surface area contributed by atoms with Gasteiger partial charge in [-0.1, -0.05) is 18.2 Å². The minimum atomic E-state index is -0.288. The lowest BCUT2D eigenvalue weighted by Crippen LogP contribution is -2.14. The number of aliphatic hydroxyl groups is 1. The lowest BCUT2D eigenvalue weighted by atomic mass is 10.0. The van der Waals surface area contributed by atoms with Crippen LogP contribution < -0.4 is 5.73 Å². The highest BCUT2D eigenvalue weighted by molar-refractivity contribution is 7.08. The van der Waals surface area contributed by atoms with Gasteiger partial charge in [-0.3, -0.25) is 0 Å². The molecule has 0 aliphatic rings. The summed E-state index contributed by atoms with van der Waals surface area (Å²) in [4.78, 5) is 0. The highest BCUT2D eigenvalue weighted by atomic mass is 32.1. The molecule has 0 saturated heterocycles. The molecule has 0 radical (unpaired) electrons. The predicted octanol–water partition coefficient (Wildman–Crippen LogP) is 2.41. The van der Waals surface area contributed by atoms with Gasteiger partial charge in [-0.2, -0.15) is 11.3 Å². The number of hydrogen-bond donors (Lipinski definition) is 2. The van der Waals surface area contributed by atoms with Crippen molar-refractivity contribution < 1.29 is 5.11 Å². The molecule has 78 valence electrons. The van der Waals surface area contributed by atoms with Gasteiger partial charge in [0.2, 0.25) is 0 Å². The largest absolute Gasteiger partial charge is 0.394 e. The molecule has 3 N–H and O–H groups in total. The van der Waals surface area contributed by atoms with Gasteiger partial charge in [-0.05, 0) is 39.6 Å². The van der Waals surface area contributed by atoms with Crippen molar-refractivity contribution in [2.75, 3.05) is 6.61 Å². The van der Waals surface area contributed by atoms with Gasteiger partial charge in [0.25, 0.3) is 0 Å². The van der Waals surface area contributed by atoms with Crippen LogP contribution in [0.25, 0.3) is 11.1 Å². The Morgan fingerprint density at radius 1 is 1.27 bits per heavy atom. The first-order valence-corrected chi connectivity index (χ1v) is 5.74. The summed E-state index contributed by atoms with van der Waals surface area (Å²) >= 11 is 1.67. The van der Waals surface area contributed by atoms with Crippen molar-refractivity contribution in [3.8, 4) is 11.1 Å². The second-order valence-corrected chi connectivity index (χ2v) is 4.21. The minimum Gasteiger partial charge on any atom is -0.394 e. The average Bonchev–Trinajstić information content (AvgIpc) is 2.82. The van der Waals surface area contributed by atoms with E-state index in [1.807, 2.05) is 23.6 Å². The van der Waals surface area contributed by atoms with Gasteiger partial charge in [-0.15, -0.1) is 0 Å². The molecule has 0 aliphatic heterocycles. The summed E-state index contributed by atoms with van der Waals surface area (Å²) in [7, 11) is 0. The van der Waals surface area contributed by atoms with E-state index in [1.54, 1.807) is 11.3 Å². The summed E-state index contributed by atoms with van der Waals surface area (Å²) in [6.45, 7) is -0.0207. The molecule has 0 unspecified atom stereocenters. The number of thiophene rings is 1. The zero-order valence-corrected chi connectivity index (χ0v) is 9.08. The molecule has 2 aromatic rings. The molecule has 15 heavy (non-hydrogen) atoms. The molecule has 0 aliphatic carbocycles. The average molecular weight is 219 g/mol. The van der Waals surface area contributed by atoms with Crippen molar-refractivity contribution in [3.05, 3.63) is 46.7 Å². The van der Waals surface area contributed by atoms with Gasteiger partial charge in [0.15, 0.2) is 0 Å². The van der Waals surface area contributed by atoms with E-state index in [9.17, 15) is 0 Å². The van der Waals surface area contributed by atoms with E-state index < -0.39 is 0 Å². The number of aliphatic hydroxyl groups excluding tert-OH is 1. The smallest absolute Gasteiger partial charge is 0.0624 e. The van der Waals surface area contributed by atoms with Gasteiger partial charge in [0, 0.05) is 0 Å². The Bertz CT molecular complexity index is 425. The van der Waals surface area contributed by atoms with Gasteiger partial charge in [0.05, 0.1) is 12.6 Å². The molecule has 1 heterocycles. The maximum absolute atomic E-state index is 8.99. The van der Waals surface area contributed by atoms with Crippen LogP contribution in [0.15, 0.2) is 41.1 Å². The van der Waals surface area contributed by atoms with Crippen molar-refractivity contribution in [1.29, 1.82) is 0 Å². The van der Waals surface area contributed by atoms with Crippen LogP contribution in [0.2, 0.25) is 0 Å². The molecule has 0 bridgehead atoms. The monoisotopic (exact) mass is 219 g/mol. The predicted molar refractivity (Wildman–Crippen MR) is 63.8 cm³/mol. The van der Waals surface area contributed by atoms with Gasteiger partial charge >= 0.3 is 0 Å². The number of benzene rings is 1. The molecule has 2 rings (SSSR count). The zero-order chi connectivity index (χ0) is 10.7. The summed E-state index contributed by atoms with van der Waals surface area (Å²) in [6.07, 6.45) is 0. The van der Waals surface area contributed by atoms with Crippen LogP contribution in [0.5, 0.6) is 0 Å². The molecule has 2 nitrogen and oxygen atoms in total. The Balaban J connectivity index is 2.35. The maximum atomic E-state index is 8.99. The summed E-state index contributed by atoms with van der Waals surface area (Å²) in [6, 6.07) is 9.78. The van der Waals surface area contributed by atoms with Crippen LogP contribution in [0, 0.1) is 0 Å². The Morgan fingerprint density at radius 3 is 2.80 bits per heavy atom. The standard InChI is InChI=1S/C12H13NOS/c13-12(7-14)10-3-1-2-9(6-10)11-4-5-15-8-11/h1-6,8,12,14H,7,13H2/t12-/m1/s1. The first-order valence-electron chi connectivity index (χ1n) is 4.80. The first-order chi connectivity index (χ1) is 7.31. The Hall–Kier alpha value is -1.16. The highest BCUT2D eigenvalue weighted by Crippen LogP contribution is 2.24. The van der Waals surface area contributed by atoms with Crippen LogP contribution >= 0.6 is 11.3 Å². The van der Waals surface area contributed by atoms with Crippen molar-refractivity contribution in [2.24, 2.45) is 5.73 Å². The van der Waals surface area contributed by atoms with E-state index >= 15 is 0 Å².